The van der Waals surface area contributed by atoms with Crippen molar-refractivity contribution in [3.8, 4) is 11.8 Å². The highest BCUT2D eigenvalue weighted by atomic mass is 35.5. The van der Waals surface area contributed by atoms with Gasteiger partial charge in [-0.2, -0.15) is 14.9 Å². The van der Waals surface area contributed by atoms with Gasteiger partial charge >= 0.3 is 0 Å². The third-order valence-corrected chi connectivity index (χ3v) is 4.33. The number of halogens is 1. The normalized spacial score (nSPS) is 13.3. The van der Waals surface area contributed by atoms with Gasteiger partial charge in [0.05, 0.1) is 16.9 Å². The third kappa shape index (κ3) is 3.02. The second-order valence-electron chi connectivity index (χ2n) is 5.83. The molecule has 3 aromatic rings. The van der Waals surface area contributed by atoms with Crippen LogP contribution in [0.25, 0.3) is 5.69 Å². The Hall–Kier alpha value is -3.25. The zero-order chi connectivity index (χ0) is 18.1. The number of rotatable bonds is 5. The predicted molar refractivity (Wildman–Crippen MR) is 95.7 cm³/mol. The van der Waals surface area contributed by atoms with Crippen molar-refractivity contribution in [2.45, 2.75) is 18.8 Å². The van der Waals surface area contributed by atoms with Crippen molar-refractivity contribution in [1.82, 2.24) is 30.2 Å². The topological polar surface area (TPSA) is 117 Å². The number of nitrogens with zero attached hydrogens (tertiary/aromatic N) is 7. The van der Waals surface area contributed by atoms with E-state index in [-0.39, 0.29) is 0 Å². The summed E-state index contributed by atoms with van der Waals surface area (Å²) in [7, 11) is 1.70. The number of aromatic nitrogens is 6. The first-order valence-electron chi connectivity index (χ1n) is 7.99. The zero-order valence-corrected chi connectivity index (χ0v) is 14.6. The highest BCUT2D eigenvalue weighted by molar-refractivity contribution is 6.32. The van der Waals surface area contributed by atoms with E-state index < -0.39 is 0 Å². The molecule has 1 aromatic carbocycles. The van der Waals surface area contributed by atoms with Gasteiger partial charge in [-0.3, -0.25) is 0 Å². The molecule has 2 N–H and O–H groups in total. The van der Waals surface area contributed by atoms with Crippen LogP contribution in [0.2, 0.25) is 5.02 Å². The van der Waals surface area contributed by atoms with Gasteiger partial charge in [0.15, 0.2) is 5.82 Å². The SMILES string of the molecule is CNc1nc(Nc2ccc(Cl)c(-n3nnnc3C3CC3)c2)ncc1C#N. The van der Waals surface area contributed by atoms with Gasteiger partial charge in [0.25, 0.3) is 0 Å². The Morgan fingerprint density at radius 3 is 2.92 bits per heavy atom. The summed E-state index contributed by atoms with van der Waals surface area (Å²) >= 11 is 6.35. The number of nitriles is 1. The fourth-order valence-electron chi connectivity index (χ4n) is 2.56. The van der Waals surface area contributed by atoms with Crippen molar-refractivity contribution in [3.05, 3.63) is 40.8 Å². The first-order chi connectivity index (χ1) is 12.7. The van der Waals surface area contributed by atoms with Crippen molar-refractivity contribution in [3.63, 3.8) is 0 Å². The fourth-order valence-corrected chi connectivity index (χ4v) is 2.76. The Morgan fingerprint density at radius 1 is 1.35 bits per heavy atom. The van der Waals surface area contributed by atoms with Crippen molar-refractivity contribution in [2.75, 3.05) is 17.7 Å². The minimum Gasteiger partial charge on any atom is -0.372 e. The van der Waals surface area contributed by atoms with Crippen molar-refractivity contribution >= 4 is 29.1 Å². The van der Waals surface area contributed by atoms with E-state index in [9.17, 15) is 0 Å². The van der Waals surface area contributed by atoms with Gasteiger partial charge in [0.1, 0.15) is 17.5 Å². The largest absolute Gasteiger partial charge is 0.372 e. The van der Waals surface area contributed by atoms with E-state index in [0.717, 1.165) is 24.4 Å². The van der Waals surface area contributed by atoms with E-state index in [0.29, 0.717) is 34.0 Å². The maximum atomic E-state index is 9.05. The molecule has 0 spiro atoms. The minimum absolute atomic E-state index is 0.362. The van der Waals surface area contributed by atoms with Crippen molar-refractivity contribution < 1.29 is 0 Å². The van der Waals surface area contributed by atoms with Gasteiger partial charge in [-0.25, -0.2) is 4.98 Å². The number of nitrogens with one attached hydrogen (secondary N) is 2. The summed E-state index contributed by atoms with van der Waals surface area (Å²) in [4.78, 5) is 8.45. The summed E-state index contributed by atoms with van der Waals surface area (Å²) in [5.41, 5.74) is 1.79. The molecule has 0 saturated heterocycles. The Labute approximate surface area is 154 Å². The molecular formula is C16H14ClN9. The van der Waals surface area contributed by atoms with E-state index >= 15 is 0 Å². The summed E-state index contributed by atoms with van der Waals surface area (Å²) in [5, 5.41) is 27.5. The monoisotopic (exact) mass is 367 g/mol. The maximum absolute atomic E-state index is 9.05. The van der Waals surface area contributed by atoms with E-state index in [1.165, 1.54) is 6.20 Å². The van der Waals surface area contributed by atoms with Crippen LogP contribution < -0.4 is 10.6 Å². The molecule has 130 valence electrons. The van der Waals surface area contributed by atoms with Crippen LogP contribution in [0.4, 0.5) is 17.5 Å². The van der Waals surface area contributed by atoms with Crippen molar-refractivity contribution in [2.24, 2.45) is 0 Å². The molecule has 26 heavy (non-hydrogen) atoms. The van der Waals surface area contributed by atoms with Gasteiger partial charge in [-0.1, -0.05) is 11.6 Å². The molecular weight excluding hydrogens is 354 g/mol. The summed E-state index contributed by atoms with van der Waals surface area (Å²) in [6.45, 7) is 0. The van der Waals surface area contributed by atoms with E-state index in [4.69, 9.17) is 16.9 Å². The predicted octanol–water partition coefficient (Wildman–Crippen LogP) is 2.64. The molecule has 2 aromatic heterocycles. The molecule has 0 unspecified atom stereocenters. The lowest BCUT2D eigenvalue weighted by Crippen LogP contribution is -2.05. The minimum atomic E-state index is 0.362. The lowest BCUT2D eigenvalue weighted by Gasteiger charge is -2.11. The molecule has 9 nitrogen and oxygen atoms in total. The molecule has 1 saturated carbocycles. The van der Waals surface area contributed by atoms with Gasteiger partial charge in [0.2, 0.25) is 5.95 Å². The smallest absolute Gasteiger partial charge is 0.229 e. The van der Waals surface area contributed by atoms with Crippen LogP contribution in [0.1, 0.15) is 30.1 Å². The van der Waals surface area contributed by atoms with Crippen LogP contribution in [0.5, 0.6) is 0 Å². The first kappa shape index (κ1) is 16.2. The molecule has 0 aliphatic heterocycles. The number of benzene rings is 1. The fraction of sp³-hybridized carbons (Fsp3) is 0.250. The van der Waals surface area contributed by atoms with Gasteiger partial charge in [-0.15, -0.1) is 5.10 Å². The lowest BCUT2D eigenvalue weighted by atomic mass is 10.2. The summed E-state index contributed by atoms with van der Waals surface area (Å²) in [6, 6.07) is 7.45. The van der Waals surface area contributed by atoms with Crippen LogP contribution >= 0.6 is 11.6 Å². The third-order valence-electron chi connectivity index (χ3n) is 4.01. The van der Waals surface area contributed by atoms with Crippen LogP contribution in [0.3, 0.4) is 0 Å². The van der Waals surface area contributed by atoms with Crippen LogP contribution in [-0.4, -0.2) is 37.2 Å². The highest BCUT2D eigenvalue weighted by Crippen LogP contribution is 2.40. The number of hydrogen-bond acceptors (Lipinski definition) is 8. The number of hydrogen-bond donors (Lipinski definition) is 2. The number of anilines is 3. The molecule has 0 radical (unpaired) electrons. The summed E-state index contributed by atoms with van der Waals surface area (Å²) < 4.78 is 1.67. The van der Waals surface area contributed by atoms with Gasteiger partial charge in [0, 0.05) is 18.7 Å². The average Bonchev–Trinajstić information content (AvgIpc) is 3.40. The molecule has 1 fully saturated rings. The average molecular weight is 368 g/mol. The van der Waals surface area contributed by atoms with Crippen LogP contribution in [0, 0.1) is 11.3 Å². The molecule has 1 aliphatic carbocycles. The molecule has 1 aliphatic rings. The quantitative estimate of drug-likeness (QED) is 0.706. The lowest BCUT2D eigenvalue weighted by molar-refractivity contribution is 0.763. The Kier molecular flexibility index (Phi) is 4.10. The Bertz CT molecular complexity index is 1000. The van der Waals surface area contributed by atoms with Gasteiger partial charge < -0.3 is 10.6 Å². The van der Waals surface area contributed by atoms with Crippen molar-refractivity contribution in [1.29, 1.82) is 5.26 Å². The molecule has 10 heteroatoms. The maximum Gasteiger partial charge on any atom is 0.229 e. The second-order valence-corrected chi connectivity index (χ2v) is 6.24. The van der Waals surface area contributed by atoms with E-state index in [1.807, 2.05) is 18.2 Å². The van der Waals surface area contributed by atoms with Crippen LogP contribution in [0.15, 0.2) is 24.4 Å². The standard InChI is InChI=1S/C16H14ClN9/c1-19-14-10(7-18)8-20-16(22-14)21-11-4-5-12(17)13(6-11)26-15(9-2-3-9)23-24-25-26/h4-6,8-9H,2-3H2,1H3,(H2,19,20,21,22). The van der Waals surface area contributed by atoms with E-state index in [2.05, 4.69) is 36.1 Å². The summed E-state index contributed by atoms with van der Waals surface area (Å²) in [6.07, 6.45) is 3.63. The highest BCUT2D eigenvalue weighted by Gasteiger charge is 2.30. The number of tetrazole rings is 1. The summed E-state index contributed by atoms with van der Waals surface area (Å²) in [5.74, 6) is 2.02. The first-order valence-corrected chi connectivity index (χ1v) is 8.37. The zero-order valence-electron chi connectivity index (χ0n) is 13.8. The van der Waals surface area contributed by atoms with E-state index in [1.54, 1.807) is 17.8 Å². The second kappa shape index (κ2) is 6.57. The molecule has 0 atom stereocenters. The molecule has 4 rings (SSSR count). The Balaban J connectivity index is 1.66. The molecule has 2 heterocycles. The molecule has 0 amide bonds. The van der Waals surface area contributed by atoms with Gasteiger partial charge in [-0.05, 0) is 41.5 Å². The Morgan fingerprint density at radius 2 is 2.19 bits per heavy atom. The molecule has 0 bridgehead atoms. The van der Waals surface area contributed by atoms with Crippen LogP contribution in [-0.2, 0) is 0 Å².